The van der Waals surface area contributed by atoms with Crippen LogP contribution in [0.4, 0.5) is 0 Å². The lowest BCUT2D eigenvalue weighted by atomic mass is 9.88. The molecule has 4 rings (SSSR count). The van der Waals surface area contributed by atoms with Crippen LogP contribution in [0.15, 0.2) is 24.3 Å². The number of carbonyl (C=O) groups is 2. The zero-order valence-corrected chi connectivity index (χ0v) is 21.4. The van der Waals surface area contributed by atoms with E-state index in [0.29, 0.717) is 12.8 Å². The van der Waals surface area contributed by atoms with Crippen LogP contribution < -0.4 is 0 Å². The van der Waals surface area contributed by atoms with Crippen molar-refractivity contribution < 1.29 is 33.3 Å². The van der Waals surface area contributed by atoms with Gasteiger partial charge in [-0.3, -0.25) is 9.59 Å². The van der Waals surface area contributed by atoms with Gasteiger partial charge in [-0.05, 0) is 64.4 Å². The van der Waals surface area contributed by atoms with E-state index < -0.39 is 5.79 Å². The molecule has 3 aliphatic heterocycles. The number of hydrogen-bond donors (Lipinski definition) is 0. The first-order chi connectivity index (χ1) is 16.9. The smallest absolute Gasteiger partial charge is 0.308 e. The highest BCUT2D eigenvalue weighted by Crippen LogP contribution is 2.47. The molecule has 7 heteroatoms. The Hall–Kier alpha value is -1.54. The first-order valence-corrected chi connectivity index (χ1v) is 13.5. The molecule has 0 aromatic rings. The highest BCUT2D eigenvalue weighted by atomic mass is 16.8. The topological polar surface area (TPSA) is 80.3 Å². The van der Waals surface area contributed by atoms with Crippen molar-refractivity contribution in [2.45, 2.75) is 133 Å². The number of rotatable bonds is 10. The van der Waals surface area contributed by atoms with Crippen molar-refractivity contribution in [2.75, 3.05) is 7.11 Å². The number of methoxy groups -OCH3 is 1. The molecule has 0 bridgehead atoms. The molecule has 6 unspecified atom stereocenters. The zero-order chi connectivity index (χ0) is 24.8. The Balaban J connectivity index is 1.39. The summed E-state index contributed by atoms with van der Waals surface area (Å²) in [5, 5.41) is 0. The van der Waals surface area contributed by atoms with Crippen molar-refractivity contribution in [1.29, 1.82) is 0 Å². The maximum Gasteiger partial charge on any atom is 0.308 e. The van der Waals surface area contributed by atoms with Gasteiger partial charge in [-0.25, -0.2) is 0 Å². The average molecular weight is 491 g/mol. The zero-order valence-electron chi connectivity index (χ0n) is 21.4. The number of ketones is 1. The van der Waals surface area contributed by atoms with E-state index >= 15 is 0 Å². The number of ether oxygens (including phenoxy) is 5. The third kappa shape index (κ3) is 6.82. The average Bonchev–Trinajstić information content (AvgIpc) is 3.21. The van der Waals surface area contributed by atoms with Gasteiger partial charge in [-0.15, -0.1) is 6.58 Å². The van der Waals surface area contributed by atoms with Crippen molar-refractivity contribution in [2.24, 2.45) is 0 Å². The van der Waals surface area contributed by atoms with E-state index in [1.54, 1.807) is 6.08 Å². The van der Waals surface area contributed by atoms with Gasteiger partial charge >= 0.3 is 5.97 Å². The van der Waals surface area contributed by atoms with Crippen LogP contribution in [0, 0.1) is 0 Å². The lowest BCUT2D eigenvalue weighted by Gasteiger charge is -2.46. The fraction of sp³-hybridized carbons (Fsp3) is 0.786. The van der Waals surface area contributed by atoms with Crippen molar-refractivity contribution in [3.63, 3.8) is 0 Å². The van der Waals surface area contributed by atoms with Crippen molar-refractivity contribution >= 4 is 11.8 Å². The van der Waals surface area contributed by atoms with E-state index in [4.69, 9.17) is 23.7 Å². The third-order valence-corrected chi connectivity index (χ3v) is 7.74. The molecule has 0 radical (unpaired) electrons. The lowest BCUT2D eigenvalue weighted by Crippen LogP contribution is -2.59. The van der Waals surface area contributed by atoms with E-state index in [1.807, 2.05) is 13.0 Å². The molecule has 0 aromatic carbocycles. The molecule has 0 aromatic heterocycles. The Morgan fingerprint density at radius 1 is 1.00 bits per heavy atom. The maximum atomic E-state index is 12.3. The summed E-state index contributed by atoms with van der Waals surface area (Å²) in [6.45, 7) is 5.94. The van der Waals surface area contributed by atoms with Crippen LogP contribution in [-0.4, -0.2) is 61.3 Å². The first-order valence-electron chi connectivity index (χ1n) is 13.5. The van der Waals surface area contributed by atoms with Crippen LogP contribution >= 0.6 is 0 Å². The number of fused-ring (bicyclic) bond motifs is 3. The van der Waals surface area contributed by atoms with E-state index in [2.05, 4.69) is 6.58 Å². The minimum absolute atomic E-state index is 0.108. The Kier molecular flexibility index (Phi) is 9.19. The second-order valence-corrected chi connectivity index (χ2v) is 10.7. The van der Waals surface area contributed by atoms with Gasteiger partial charge < -0.3 is 23.7 Å². The quantitative estimate of drug-likeness (QED) is 0.185. The monoisotopic (exact) mass is 490 g/mol. The molecule has 196 valence electrons. The molecule has 4 aliphatic rings. The summed E-state index contributed by atoms with van der Waals surface area (Å²) in [6, 6.07) is 0. The van der Waals surface area contributed by atoms with Crippen molar-refractivity contribution in [3.05, 3.63) is 24.3 Å². The molecule has 7 nitrogen and oxygen atoms in total. The highest BCUT2D eigenvalue weighted by Gasteiger charge is 2.59. The second kappa shape index (κ2) is 12.1. The van der Waals surface area contributed by atoms with Gasteiger partial charge in [0, 0.05) is 19.3 Å². The molecule has 6 atom stereocenters. The molecular weight excluding hydrogens is 448 g/mol. The Labute approximate surface area is 209 Å². The first kappa shape index (κ1) is 26.5. The number of unbranched alkanes of at least 4 members (excludes halogenated alkanes) is 1. The predicted molar refractivity (Wildman–Crippen MR) is 131 cm³/mol. The second-order valence-electron chi connectivity index (χ2n) is 10.7. The summed E-state index contributed by atoms with van der Waals surface area (Å²) in [7, 11) is 1.40. The normalized spacial score (nSPS) is 33.9. The minimum Gasteiger partial charge on any atom is -0.469 e. The number of allylic oxidation sites excluding steroid dienone is 2. The summed E-state index contributed by atoms with van der Waals surface area (Å²) in [6.07, 6.45) is 13.3. The van der Waals surface area contributed by atoms with Gasteiger partial charge in [-0.2, -0.15) is 0 Å². The minimum atomic E-state index is -0.564. The van der Waals surface area contributed by atoms with Crippen LogP contribution in [0.5, 0.6) is 0 Å². The van der Waals surface area contributed by atoms with E-state index in [9.17, 15) is 9.59 Å². The van der Waals surface area contributed by atoms with Gasteiger partial charge in [-0.1, -0.05) is 18.1 Å². The maximum absolute atomic E-state index is 12.3. The highest BCUT2D eigenvalue weighted by molar-refractivity contribution is 5.89. The molecule has 35 heavy (non-hydrogen) atoms. The Bertz CT molecular complexity index is 784. The van der Waals surface area contributed by atoms with Gasteiger partial charge in [0.15, 0.2) is 11.6 Å². The number of carbonyl (C=O) groups excluding carboxylic acids is 2. The number of hydrogen-bond acceptors (Lipinski definition) is 7. The van der Waals surface area contributed by atoms with E-state index in [-0.39, 0.29) is 54.8 Å². The van der Waals surface area contributed by atoms with Crippen LogP contribution in [0.3, 0.4) is 0 Å². The van der Waals surface area contributed by atoms with E-state index in [1.165, 1.54) is 13.5 Å². The number of esters is 1. The fourth-order valence-corrected chi connectivity index (χ4v) is 5.91. The SMILES string of the molecule is C=C(C)CCCCC(=O)/C=C/CC1OC2CCC(CC(=O)OC)OC2C2OC3(CCCCC3)OC12. The molecule has 1 aliphatic carbocycles. The van der Waals surface area contributed by atoms with Crippen LogP contribution in [0.25, 0.3) is 0 Å². The summed E-state index contributed by atoms with van der Waals surface area (Å²) < 4.78 is 31.0. The molecule has 1 spiro atoms. The van der Waals surface area contributed by atoms with Crippen LogP contribution in [0.1, 0.15) is 90.4 Å². The molecule has 3 heterocycles. The van der Waals surface area contributed by atoms with Crippen LogP contribution in [0.2, 0.25) is 0 Å². The largest absolute Gasteiger partial charge is 0.469 e. The summed E-state index contributed by atoms with van der Waals surface area (Å²) in [4.78, 5) is 24.1. The summed E-state index contributed by atoms with van der Waals surface area (Å²) in [5.41, 5.74) is 1.16. The molecule has 1 saturated carbocycles. The van der Waals surface area contributed by atoms with Crippen LogP contribution in [-0.2, 0) is 33.3 Å². The van der Waals surface area contributed by atoms with Gasteiger partial charge in [0.25, 0.3) is 0 Å². The Morgan fingerprint density at radius 2 is 1.74 bits per heavy atom. The lowest BCUT2D eigenvalue weighted by molar-refractivity contribution is -0.239. The predicted octanol–water partition coefficient (Wildman–Crippen LogP) is 4.96. The fourth-order valence-electron chi connectivity index (χ4n) is 5.91. The summed E-state index contributed by atoms with van der Waals surface area (Å²) >= 11 is 0. The van der Waals surface area contributed by atoms with Crippen molar-refractivity contribution in [1.82, 2.24) is 0 Å². The van der Waals surface area contributed by atoms with Crippen molar-refractivity contribution in [3.8, 4) is 0 Å². The molecule has 3 saturated heterocycles. The van der Waals surface area contributed by atoms with Gasteiger partial charge in [0.05, 0.1) is 31.8 Å². The molecular formula is C28H42O7. The molecule has 0 N–H and O–H groups in total. The van der Waals surface area contributed by atoms with Gasteiger partial charge in [0.2, 0.25) is 0 Å². The van der Waals surface area contributed by atoms with E-state index in [0.717, 1.165) is 63.4 Å². The molecule has 0 amide bonds. The third-order valence-electron chi connectivity index (χ3n) is 7.74. The molecule has 4 fully saturated rings. The summed E-state index contributed by atoms with van der Waals surface area (Å²) in [5.74, 6) is -0.678. The Morgan fingerprint density at radius 3 is 2.49 bits per heavy atom. The standard InChI is InChI=1S/C28H42O7/c1-19(2)10-5-6-11-20(29)12-9-13-22-26-27(35-28(34-26)16-7-4-8-17-28)25-23(33-22)15-14-21(32-25)18-24(30)31-3/h9,12,21-23,25-27H,1,4-8,10-11,13-18H2,2-3H3/b12-9+. The van der Waals surface area contributed by atoms with Gasteiger partial charge in [0.1, 0.15) is 18.3 Å².